The second kappa shape index (κ2) is 9.02. The third-order valence-corrected chi connectivity index (χ3v) is 6.21. The Bertz CT molecular complexity index is 1320. The standard InChI is InChI=1S/C29H25NO4/c1-3-33-29(32)24-18(2)30-27-22-11-7-8-12-23(22)28(31)26(27)25(24)20-13-15-21(16-14-20)34-17-19-9-5-4-6-10-19/h4-16,25,30H,3,17H2,1-2H3. The SMILES string of the molecule is CCOC(=O)C1=C(C)NC2=C(C(=O)c3ccccc32)C1c1ccc(OCc2ccccc2)cc1. The van der Waals surface area contributed by atoms with Crippen molar-refractivity contribution in [1.82, 2.24) is 5.32 Å². The van der Waals surface area contributed by atoms with Crippen molar-refractivity contribution in [1.29, 1.82) is 0 Å². The fourth-order valence-electron chi connectivity index (χ4n) is 4.64. The molecule has 0 spiro atoms. The van der Waals surface area contributed by atoms with Crippen LogP contribution < -0.4 is 10.1 Å². The summed E-state index contributed by atoms with van der Waals surface area (Å²) in [4.78, 5) is 26.5. The minimum atomic E-state index is -0.529. The Morgan fingerprint density at radius 1 is 0.912 bits per heavy atom. The molecule has 1 unspecified atom stereocenters. The number of allylic oxidation sites excluding steroid dienone is 2. The van der Waals surface area contributed by atoms with Crippen LogP contribution in [0.5, 0.6) is 5.75 Å². The first kappa shape index (κ1) is 21.7. The molecule has 0 saturated carbocycles. The normalized spacial score (nSPS) is 16.6. The lowest BCUT2D eigenvalue weighted by Crippen LogP contribution is -2.29. The zero-order chi connectivity index (χ0) is 23.7. The first-order valence-corrected chi connectivity index (χ1v) is 11.4. The van der Waals surface area contributed by atoms with Crippen molar-refractivity contribution >= 4 is 17.4 Å². The maximum Gasteiger partial charge on any atom is 0.336 e. The molecule has 5 heteroatoms. The maximum absolute atomic E-state index is 13.5. The van der Waals surface area contributed by atoms with E-state index in [-0.39, 0.29) is 12.4 Å². The summed E-state index contributed by atoms with van der Waals surface area (Å²) in [5.41, 5.74) is 5.91. The maximum atomic E-state index is 13.5. The van der Waals surface area contributed by atoms with Gasteiger partial charge in [-0.25, -0.2) is 4.79 Å². The van der Waals surface area contributed by atoms with E-state index < -0.39 is 11.9 Å². The Kier molecular flexibility index (Phi) is 5.76. The molecule has 0 amide bonds. The zero-order valence-electron chi connectivity index (χ0n) is 19.1. The molecule has 0 saturated heterocycles. The number of dihydropyridines is 1. The molecule has 1 N–H and O–H groups in total. The Morgan fingerprint density at radius 2 is 1.59 bits per heavy atom. The molecule has 0 bridgehead atoms. The highest BCUT2D eigenvalue weighted by Crippen LogP contribution is 2.46. The van der Waals surface area contributed by atoms with Crippen LogP contribution in [0.4, 0.5) is 0 Å². The highest BCUT2D eigenvalue weighted by Gasteiger charge is 2.42. The number of Topliss-reactive ketones (excluding diaryl/α,β-unsaturated/α-hetero) is 1. The summed E-state index contributed by atoms with van der Waals surface area (Å²) >= 11 is 0. The van der Waals surface area contributed by atoms with Crippen molar-refractivity contribution in [3.05, 3.63) is 118 Å². The fourth-order valence-corrected chi connectivity index (χ4v) is 4.64. The third kappa shape index (κ3) is 3.79. The number of ether oxygens (including phenoxy) is 2. The molecule has 2 aliphatic rings. The van der Waals surface area contributed by atoms with Crippen LogP contribution in [0.3, 0.4) is 0 Å². The van der Waals surface area contributed by atoms with Crippen molar-refractivity contribution < 1.29 is 19.1 Å². The minimum Gasteiger partial charge on any atom is -0.489 e. The number of ketones is 1. The van der Waals surface area contributed by atoms with E-state index in [9.17, 15) is 9.59 Å². The Labute approximate surface area is 198 Å². The molecule has 1 aliphatic heterocycles. The van der Waals surface area contributed by atoms with Crippen LogP contribution in [-0.2, 0) is 16.1 Å². The molecular formula is C29H25NO4. The summed E-state index contributed by atoms with van der Waals surface area (Å²) in [6, 6.07) is 25.1. The van der Waals surface area contributed by atoms with E-state index in [1.165, 1.54) is 0 Å². The van der Waals surface area contributed by atoms with Crippen LogP contribution in [0, 0.1) is 0 Å². The number of rotatable bonds is 6. The van der Waals surface area contributed by atoms with Crippen LogP contribution in [0.25, 0.3) is 5.70 Å². The number of benzene rings is 3. The highest BCUT2D eigenvalue weighted by molar-refractivity contribution is 6.23. The van der Waals surface area contributed by atoms with Gasteiger partial charge < -0.3 is 14.8 Å². The zero-order valence-corrected chi connectivity index (χ0v) is 19.1. The summed E-state index contributed by atoms with van der Waals surface area (Å²) in [6.07, 6.45) is 0. The number of fused-ring (bicyclic) bond motifs is 2. The summed E-state index contributed by atoms with van der Waals surface area (Å²) in [5.74, 6) is -0.299. The minimum absolute atomic E-state index is 0.0678. The smallest absolute Gasteiger partial charge is 0.336 e. The van der Waals surface area contributed by atoms with Crippen molar-refractivity contribution in [2.24, 2.45) is 0 Å². The molecule has 34 heavy (non-hydrogen) atoms. The van der Waals surface area contributed by atoms with Crippen LogP contribution in [0.2, 0.25) is 0 Å². The predicted molar refractivity (Wildman–Crippen MR) is 130 cm³/mol. The van der Waals surface area contributed by atoms with Crippen molar-refractivity contribution in [3.63, 3.8) is 0 Å². The number of hydrogen-bond acceptors (Lipinski definition) is 5. The number of hydrogen-bond donors (Lipinski definition) is 1. The molecule has 0 radical (unpaired) electrons. The highest BCUT2D eigenvalue weighted by atomic mass is 16.5. The molecular weight excluding hydrogens is 426 g/mol. The molecule has 1 heterocycles. The molecule has 3 aromatic carbocycles. The van der Waals surface area contributed by atoms with Gasteiger partial charge in [0.05, 0.1) is 17.9 Å². The van der Waals surface area contributed by atoms with E-state index in [2.05, 4.69) is 5.32 Å². The summed E-state index contributed by atoms with van der Waals surface area (Å²) in [7, 11) is 0. The van der Waals surface area contributed by atoms with Gasteiger partial charge in [-0.2, -0.15) is 0 Å². The first-order valence-electron chi connectivity index (χ1n) is 11.4. The van der Waals surface area contributed by atoms with Crippen LogP contribution in [-0.4, -0.2) is 18.4 Å². The third-order valence-electron chi connectivity index (χ3n) is 6.21. The lowest BCUT2D eigenvalue weighted by atomic mass is 9.80. The topological polar surface area (TPSA) is 64.6 Å². The Hall–Kier alpha value is -4.12. The molecule has 5 nitrogen and oxygen atoms in total. The molecule has 0 aromatic heterocycles. The molecule has 3 aromatic rings. The van der Waals surface area contributed by atoms with Crippen molar-refractivity contribution in [2.75, 3.05) is 6.61 Å². The summed E-state index contributed by atoms with van der Waals surface area (Å²) in [5, 5.41) is 3.32. The second-order valence-electron chi connectivity index (χ2n) is 8.32. The average Bonchev–Trinajstić information content (AvgIpc) is 3.14. The van der Waals surface area contributed by atoms with Gasteiger partial charge in [-0.1, -0.05) is 66.7 Å². The van der Waals surface area contributed by atoms with E-state index in [1.54, 1.807) is 6.92 Å². The number of carbonyl (C=O) groups is 2. The van der Waals surface area contributed by atoms with Gasteiger partial charge in [0, 0.05) is 28.3 Å². The predicted octanol–water partition coefficient (Wildman–Crippen LogP) is 5.40. The average molecular weight is 452 g/mol. The van der Waals surface area contributed by atoms with E-state index >= 15 is 0 Å². The molecule has 5 rings (SSSR count). The lowest BCUT2D eigenvalue weighted by Gasteiger charge is -2.29. The van der Waals surface area contributed by atoms with Gasteiger partial charge >= 0.3 is 5.97 Å². The first-order chi connectivity index (χ1) is 16.6. The van der Waals surface area contributed by atoms with E-state index in [0.29, 0.717) is 29.0 Å². The quantitative estimate of drug-likeness (QED) is 0.509. The summed E-state index contributed by atoms with van der Waals surface area (Å²) in [6.45, 7) is 4.35. The van der Waals surface area contributed by atoms with Gasteiger partial charge in [0.2, 0.25) is 0 Å². The second-order valence-corrected chi connectivity index (χ2v) is 8.32. The molecule has 0 fully saturated rings. The molecule has 1 atom stereocenters. The van der Waals surface area contributed by atoms with E-state index in [0.717, 1.165) is 28.1 Å². The van der Waals surface area contributed by atoms with E-state index in [4.69, 9.17) is 9.47 Å². The number of carbonyl (C=O) groups excluding carboxylic acids is 2. The van der Waals surface area contributed by atoms with E-state index in [1.807, 2.05) is 85.8 Å². The molecule has 170 valence electrons. The van der Waals surface area contributed by atoms with Gasteiger partial charge in [-0.05, 0) is 37.1 Å². The fraction of sp³-hybridized carbons (Fsp3) is 0.172. The van der Waals surface area contributed by atoms with Gasteiger partial charge in [0.15, 0.2) is 5.78 Å². The van der Waals surface area contributed by atoms with Crippen LogP contribution >= 0.6 is 0 Å². The monoisotopic (exact) mass is 451 g/mol. The van der Waals surface area contributed by atoms with Crippen molar-refractivity contribution in [2.45, 2.75) is 26.4 Å². The number of nitrogens with one attached hydrogen (secondary N) is 1. The van der Waals surface area contributed by atoms with Crippen molar-refractivity contribution in [3.8, 4) is 5.75 Å². The molecule has 1 aliphatic carbocycles. The van der Waals surface area contributed by atoms with Gasteiger partial charge in [-0.3, -0.25) is 4.79 Å². The summed E-state index contributed by atoms with van der Waals surface area (Å²) < 4.78 is 11.3. The van der Waals surface area contributed by atoms with Gasteiger partial charge in [0.1, 0.15) is 12.4 Å². The number of esters is 1. The lowest BCUT2D eigenvalue weighted by molar-refractivity contribution is -0.138. The van der Waals surface area contributed by atoms with Crippen LogP contribution in [0.15, 0.2) is 95.7 Å². The van der Waals surface area contributed by atoms with Crippen LogP contribution in [0.1, 0.15) is 46.8 Å². The van der Waals surface area contributed by atoms with Gasteiger partial charge in [-0.15, -0.1) is 0 Å². The Balaban J connectivity index is 1.51. The largest absolute Gasteiger partial charge is 0.489 e. The van der Waals surface area contributed by atoms with Gasteiger partial charge in [0.25, 0.3) is 0 Å². The Morgan fingerprint density at radius 3 is 2.29 bits per heavy atom.